The summed E-state index contributed by atoms with van der Waals surface area (Å²) in [5.41, 5.74) is 2.37. The number of aromatic nitrogens is 2. The normalized spacial score (nSPS) is 25.3. The lowest BCUT2D eigenvalue weighted by molar-refractivity contribution is 0.0618. The third-order valence-corrected chi connectivity index (χ3v) is 8.65. The molecule has 0 aliphatic carbocycles. The number of fused-ring (bicyclic) bond motifs is 4. The van der Waals surface area contributed by atoms with Crippen LogP contribution in [0.3, 0.4) is 0 Å². The standard InChI is InChI=1S/C21H31BrN4O2Si/c1-29(2,3)11-10-28-20(22)15-4-5-16-17(12-15)24-25-19(16)21(27)23-18-13-26-8-6-14(18)7-9-26/h4-5,12,14,18,20H,6-11,13H2,1-3H3,(H,23,27)(H,24,25)/t18-,20?/m1/s1. The zero-order valence-electron chi connectivity index (χ0n) is 17.5. The number of rotatable bonds is 7. The third-order valence-electron chi connectivity index (χ3n) is 6.15. The van der Waals surface area contributed by atoms with Crippen molar-refractivity contribution in [1.29, 1.82) is 0 Å². The van der Waals surface area contributed by atoms with Crippen LogP contribution in [0.2, 0.25) is 25.7 Å². The largest absolute Gasteiger partial charge is 0.362 e. The Morgan fingerprint density at radius 1 is 1.38 bits per heavy atom. The Balaban J connectivity index is 1.42. The molecule has 6 nitrogen and oxygen atoms in total. The van der Waals surface area contributed by atoms with Crippen molar-refractivity contribution in [2.75, 3.05) is 26.2 Å². The van der Waals surface area contributed by atoms with Crippen molar-refractivity contribution in [1.82, 2.24) is 20.4 Å². The summed E-state index contributed by atoms with van der Waals surface area (Å²) >= 11 is 3.63. The maximum Gasteiger partial charge on any atom is 0.272 e. The van der Waals surface area contributed by atoms with E-state index in [2.05, 4.69) is 56.0 Å². The van der Waals surface area contributed by atoms with Gasteiger partial charge in [0.05, 0.1) is 5.52 Å². The molecule has 2 bridgehead atoms. The van der Waals surface area contributed by atoms with Crippen LogP contribution in [0.25, 0.3) is 10.9 Å². The number of H-pyrrole nitrogens is 1. The number of hydrogen-bond donors (Lipinski definition) is 2. The summed E-state index contributed by atoms with van der Waals surface area (Å²) in [5, 5.41) is 11.3. The lowest BCUT2D eigenvalue weighted by Gasteiger charge is -2.44. The van der Waals surface area contributed by atoms with Crippen molar-refractivity contribution in [3.63, 3.8) is 0 Å². The molecule has 2 aromatic rings. The van der Waals surface area contributed by atoms with Gasteiger partial charge in [-0.3, -0.25) is 9.89 Å². The molecular weight excluding hydrogens is 448 g/mol. The average molecular weight is 479 g/mol. The number of nitrogens with one attached hydrogen (secondary N) is 2. The highest BCUT2D eigenvalue weighted by atomic mass is 79.9. The van der Waals surface area contributed by atoms with Gasteiger partial charge in [0.25, 0.3) is 5.91 Å². The second kappa shape index (κ2) is 8.49. The van der Waals surface area contributed by atoms with Gasteiger partial charge in [-0.1, -0.05) is 41.6 Å². The molecule has 158 valence electrons. The predicted molar refractivity (Wildman–Crippen MR) is 122 cm³/mol. The summed E-state index contributed by atoms with van der Waals surface area (Å²) in [5.74, 6) is 0.521. The van der Waals surface area contributed by atoms with E-state index >= 15 is 0 Å². The molecule has 1 amide bonds. The molecule has 0 spiro atoms. The minimum absolute atomic E-state index is 0.0791. The summed E-state index contributed by atoms with van der Waals surface area (Å²) in [6, 6.07) is 7.36. The lowest BCUT2D eigenvalue weighted by atomic mass is 9.84. The molecule has 0 saturated carbocycles. The Hall–Kier alpha value is -1.22. The molecule has 2 N–H and O–H groups in total. The van der Waals surface area contributed by atoms with E-state index in [-0.39, 0.29) is 17.0 Å². The number of carbonyl (C=O) groups excluding carboxylic acids is 1. The van der Waals surface area contributed by atoms with Gasteiger partial charge in [-0.2, -0.15) is 5.10 Å². The number of alkyl halides is 1. The van der Waals surface area contributed by atoms with Crippen LogP contribution in [-0.4, -0.2) is 61.4 Å². The molecule has 2 atom stereocenters. The van der Waals surface area contributed by atoms with E-state index in [1.807, 2.05) is 18.2 Å². The first-order valence-corrected chi connectivity index (χ1v) is 15.2. The van der Waals surface area contributed by atoms with Crippen molar-refractivity contribution in [3.8, 4) is 0 Å². The number of aromatic amines is 1. The van der Waals surface area contributed by atoms with E-state index < -0.39 is 8.07 Å². The van der Waals surface area contributed by atoms with Crippen LogP contribution >= 0.6 is 15.9 Å². The summed E-state index contributed by atoms with van der Waals surface area (Å²) in [4.78, 5) is 15.3. The molecule has 3 fully saturated rings. The van der Waals surface area contributed by atoms with Crippen molar-refractivity contribution in [3.05, 3.63) is 29.5 Å². The van der Waals surface area contributed by atoms with Gasteiger partial charge in [-0.25, -0.2) is 0 Å². The maximum atomic E-state index is 12.9. The van der Waals surface area contributed by atoms with Gasteiger partial charge in [-0.15, -0.1) is 0 Å². The molecule has 3 aliphatic rings. The summed E-state index contributed by atoms with van der Waals surface area (Å²) < 4.78 is 5.97. The third kappa shape index (κ3) is 4.92. The van der Waals surface area contributed by atoms with E-state index in [0.717, 1.165) is 35.7 Å². The second-order valence-corrected chi connectivity index (χ2v) is 16.0. The molecule has 8 heteroatoms. The fourth-order valence-corrected chi connectivity index (χ4v) is 5.48. The molecule has 5 rings (SSSR count). The fourth-order valence-electron chi connectivity index (χ4n) is 4.28. The molecule has 1 aromatic carbocycles. The van der Waals surface area contributed by atoms with Crippen molar-refractivity contribution in [2.24, 2.45) is 5.92 Å². The SMILES string of the molecule is C[Si](C)(C)CCOC(Br)c1ccc2c(C(=O)N[C@@H]3CN4CCC3CC4)n[nH]c2c1. The molecule has 3 aliphatic heterocycles. The lowest BCUT2D eigenvalue weighted by Crippen LogP contribution is -2.57. The van der Waals surface area contributed by atoms with Gasteiger partial charge in [-0.05, 0) is 55.6 Å². The molecule has 29 heavy (non-hydrogen) atoms. The molecular formula is C21H31BrN4O2Si. The smallest absolute Gasteiger partial charge is 0.272 e. The summed E-state index contributed by atoms with van der Waals surface area (Å²) in [6.45, 7) is 11.1. The monoisotopic (exact) mass is 478 g/mol. The first kappa shape index (κ1) is 21.0. The molecule has 1 aromatic heterocycles. The van der Waals surface area contributed by atoms with E-state index in [1.54, 1.807) is 0 Å². The second-order valence-electron chi connectivity index (χ2n) is 9.59. The van der Waals surface area contributed by atoms with E-state index in [0.29, 0.717) is 11.6 Å². The predicted octanol–water partition coefficient (Wildman–Crippen LogP) is 4.14. The van der Waals surface area contributed by atoms with Gasteiger partial charge in [0.1, 0.15) is 5.01 Å². The molecule has 0 radical (unpaired) electrons. The number of carbonyl (C=O) groups is 1. The number of halogens is 1. The average Bonchev–Trinajstić information content (AvgIpc) is 3.11. The van der Waals surface area contributed by atoms with Gasteiger partial charge in [0.2, 0.25) is 0 Å². The van der Waals surface area contributed by atoms with Crippen LogP contribution in [0.5, 0.6) is 0 Å². The Labute approximate surface area is 181 Å². The van der Waals surface area contributed by atoms with Gasteiger partial charge < -0.3 is 15.0 Å². The molecule has 1 unspecified atom stereocenters. The van der Waals surface area contributed by atoms with Gasteiger partial charge >= 0.3 is 0 Å². The van der Waals surface area contributed by atoms with E-state index in [9.17, 15) is 4.79 Å². The minimum atomic E-state index is -1.11. The topological polar surface area (TPSA) is 70.2 Å². The fraction of sp³-hybridized carbons (Fsp3) is 0.619. The Morgan fingerprint density at radius 3 is 2.79 bits per heavy atom. The molecule has 4 heterocycles. The van der Waals surface area contributed by atoms with Crippen LogP contribution in [-0.2, 0) is 4.74 Å². The quantitative estimate of drug-likeness (QED) is 0.463. The first-order chi connectivity index (χ1) is 13.8. The Kier molecular flexibility index (Phi) is 6.16. The van der Waals surface area contributed by atoms with Crippen molar-refractivity contribution in [2.45, 2.75) is 49.6 Å². The van der Waals surface area contributed by atoms with Crippen molar-refractivity contribution >= 4 is 40.8 Å². The van der Waals surface area contributed by atoms with Crippen LogP contribution in [0, 0.1) is 5.92 Å². The Bertz CT molecular complexity index is 873. The van der Waals surface area contributed by atoms with E-state index in [4.69, 9.17) is 4.74 Å². The molecule has 3 saturated heterocycles. The first-order valence-electron chi connectivity index (χ1n) is 10.6. The van der Waals surface area contributed by atoms with Crippen LogP contribution in [0.1, 0.15) is 33.9 Å². The summed E-state index contributed by atoms with van der Waals surface area (Å²) in [7, 11) is -1.11. The number of ether oxygens (including phenoxy) is 1. The van der Waals surface area contributed by atoms with Crippen molar-refractivity contribution < 1.29 is 9.53 Å². The Morgan fingerprint density at radius 2 is 2.14 bits per heavy atom. The zero-order chi connectivity index (χ0) is 20.6. The van der Waals surface area contributed by atoms with Crippen LogP contribution < -0.4 is 5.32 Å². The zero-order valence-corrected chi connectivity index (χ0v) is 20.1. The number of benzene rings is 1. The maximum absolute atomic E-state index is 12.9. The number of piperidine rings is 3. The van der Waals surface area contributed by atoms with Crippen LogP contribution in [0.15, 0.2) is 18.2 Å². The summed E-state index contributed by atoms with van der Waals surface area (Å²) in [6.07, 6.45) is 2.36. The highest BCUT2D eigenvalue weighted by Gasteiger charge is 2.35. The van der Waals surface area contributed by atoms with Crippen LogP contribution in [0.4, 0.5) is 0 Å². The van der Waals surface area contributed by atoms with Gasteiger partial charge in [0, 0.05) is 32.7 Å². The van der Waals surface area contributed by atoms with Gasteiger partial charge in [0.15, 0.2) is 5.69 Å². The number of hydrogen-bond acceptors (Lipinski definition) is 4. The van der Waals surface area contributed by atoms with E-state index in [1.165, 1.54) is 25.9 Å². The minimum Gasteiger partial charge on any atom is -0.362 e. The highest BCUT2D eigenvalue weighted by Crippen LogP contribution is 2.30. The number of amides is 1. The number of nitrogens with zero attached hydrogens (tertiary/aromatic N) is 2. The highest BCUT2D eigenvalue weighted by molar-refractivity contribution is 9.09.